The Kier molecular flexibility index (Phi) is 8.03. The number of aryl methyl sites for hydroxylation is 2. The van der Waals surface area contributed by atoms with Crippen molar-refractivity contribution in [3.63, 3.8) is 0 Å². The van der Waals surface area contributed by atoms with Crippen LogP contribution < -0.4 is 10.5 Å². The lowest BCUT2D eigenvalue weighted by Gasteiger charge is -2.31. The van der Waals surface area contributed by atoms with Crippen molar-refractivity contribution in [2.24, 2.45) is 5.73 Å². The summed E-state index contributed by atoms with van der Waals surface area (Å²) in [5, 5.41) is 21.3. The molecule has 216 valence electrons. The van der Waals surface area contributed by atoms with Gasteiger partial charge in [0.05, 0.1) is 31.8 Å². The highest BCUT2D eigenvalue weighted by Crippen LogP contribution is 2.34. The number of likely N-dealkylation sites (tertiary alicyclic amines) is 1. The van der Waals surface area contributed by atoms with E-state index >= 15 is 0 Å². The van der Waals surface area contributed by atoms with Crippen LogP contribution in [0.3, 0.4) is 0 Å². The van der Waals surface area contributed by atoms with E-state index in [0.29, 0.717) is 32.4 Å². The quantitative estimate of drug-likeness (QED) is 0.224. The first-order valence-electron chi connectivity index (χ1n) is 14.4. The molecule has 1 saturated heterocycles. The zero-order valence-electron chi connectivity index (χ0n) is 23.7. The van der Waals surface area contributed by atoms with E-state index in [4.69, 9.17) is 20.7 Å². The number of aromatic nitrogens is 4. The Balaban J connectivity index is 1.42. The molecule has 3 atom stereocenters. The lowest BCUT2D eigenvalue weighted by Crippen LogP contribution is -2.43. The first kappa shape index (κ1) is 27.7. The monoisotopic (exact) mass is 564 g/mol. The number of primary amides is 1. The number of fused-ring (bicyclic) bond motifs is 1. The van der Waals surface area contributed by atoms with Gasteiger partial charge in [-0.25, -0.2) is 0 Å². The van der Waals surface area contributed by atoms with Crippen LogP contribution in [0.25, 0.3) is 10.9 Å². The number of aliphatic hydroxyl groups is 1. The van der Waals surface area contributed by atoms with Crippen LogP contribution in [-0.2, 0) is 30.6 Å². The minimum absolute atomic E-state index is 0.299. The van der Waals surface area contributed by atoms with E-state index in [2.05, 4.69) is 27.8 Å². The van der Waals surface area contributed by atoms with Gasteiger partial charge in [-0.2, -0.15) is 0 Å². The van der Waals surface area contributed by atoms with Gasteiger partial charge in [0.1, 0.15) is 11.6 Å². The summed E-state index contributed by atoms with van der Waals surface area (Å²) in [6.07, 6.45) is 3.76. The average molecular weight is 565 g/mol. The Morgan fingerprint density at radius 2 is 1.79 bits per heavy atom. The minimum Gasteiger partial charge on any atom is -0.497 e. The first-order chi connectivity index (χ1) is 20.5. The Hall–Kier alpha value is -4.47. The number of H-pyrrole nitrogens is 1. The Labute approximate surface area is 244 Å². The highest BCUT2D eigenvalue weighted by atomic mass is 16.5. The van der Waals surface area contributed by atoms with Crippen molar-refractivity contribution < 1.29 is 14.6 Å². The molecule has 5 aromatic rings. The van der Waals surface area contributed by atoms with E-state index in [1.807, 2.05) is 71.8 Å². The topological polar surface area (TPSA) is 122 Å². The summed E-state index contributed by atoms with van der Waals surface area (Å²) >= 11 is 0. The van der Waals surface area contributed by atoms with Gasteiger partial charge >= 0.3 is 0 Å². The number of rotatable bonds is 11. The molecule has 1 fully saturated rings. The van der Waals surface area contributed by atoms with Crippen molar-refractivity contribution in [1.82, 2.24) is 24.6 Å². The van der Waals surface area contributed by atoms with Crippen molar-refractivity contribution in [3.05, 3.63) is 113 Å². The lowest BCUT2D eigenvalue weighted by atomic mass is 10.0. The molecule has 2 aromatic heterocycles. The van der Waals surface area contributed by atoms with Crippen molar-refractivity contribution >= 4 is 16.8 Å². The van der Waals surface area contributed by atoms with E-state index < -0.39 is 18.1 Å². The first-order valence-corrected chi connectivity index (χ1v) is 14.4. The van der Waals surface area contributed by atoms with Crippen LogP contribution in [0, 0.1) is 0 Å². The fraction of sp³-hybridized carbons (Fsp3) is 0.303. The summed E-state index contributed by atoms with van der Waals surface area (Å²) in [4.78, 5) is 18.0. The van der Waals surface area contributed by atoms with Gasteiger partial charge in [0, 0.05) is 30.1 Å². The second-order valence-corrected chi connectivity index (χ2v) is 11.0. The molecule has 0 radical (unpaired) electrons. The molecule has 4 N–H and O–H groups in total. The van der Waals surface area contributed by atoms with Crippen LogP contribution in [0.4, 0.5) is 0 Å². The molecule has 0 saturated carbocycles. The van der Waals surface area contributed by atoms with Crippen molar-refractivity contribution in [2.75, 3.05) is 13.7 Å². The van der Waals surface area contributed by atoms with E-state index in [1.54, 1.807) is 7.11 Å². The molecule has 3 heterocycles. The number of methoxy groups -OCH3 is 1. The molecule has 1 aliphatic heterocycles. The number of carbonyl (C=O) groups excluding carboxylic acids is 1. The summed E-state index contributed by atoms with van der Waals surface area (Å²) in [7, 11) is 1.66. The second-order valence-electron chi connectivity index (χ2n) is 11.0. The van der Waals surface area contributed by atoms with Gasteiger partial charge in [0.2, 0.25) is 5.91 Å². The van der Waals surface area contributed by atoms with Crippen LogP contribution in [0.1, 0.15) is 40.8 Å². The van der Waals surface area contributed by atoms with Gasteiger partial charge in [-0.15, -0.1) is 10.2 Å². The van der Waals surface area contributed by atoms with Crippen LogP contribution in [0.15, 0.2) is 85.1 Å². The van der Waals surface area contributed by atoms with E-state index in [0.717, 1.165) is 45.8 Å². The molecular formula is C33H36N6O3. The fourth-order valence-corrected chi connectivity index (χ4v) is 6.10. The largest absolute Gasteiger partial charge is 0.497 e. The molecule has 3 aromatic carbocycles. The highest BCUT2D eigenvalue weighted by Gasteiger charge is 2.41. The van der Waals surface area contributed by atoms with Gasteiger partial charge in [0.15, 0.2) is 5.82 Å². The van der Waals surface area contributed by atoms with Gasteiger partial charge in [-0.05, 0) is 54.2 Å². The predicted molar refractivity (Wildman–Crippen MR) is 161 cm³/mol. The number of hydrogen-bond donors (Lipinski definition) is 3. The highest BCUT2D eigenvalue weighted by molar-refractivity contribution is 5.83. The molecular weight excluding hydrogens is 528 g/mol. The number of aromatic amines is 1. The Bertz CT molecular complexity index is 1650. The second kappa shape index (κ2) is 12.2. The lowest BCUT2D eigenvalue weighted by molar-refractivity contribution is -0.123. The summed E-state index contributed by atoms with van der Waals surface area (Å²) in [5.41, 5.74) is 10.3. The molecule has 0 spiro atoms. The average Bonchev–Trinajstić information content (AvgIpc) is 3.73. The molecule has 42 heavy (non-hydrogen) atoms. The van der Waals surface area contributed by atoms with Gasteiger partial charge in [0.25, 0.3) is 0 Å². The zero-order valence-corrected chi connectivity index (χ0v) is 23.7. The maximum atomic E-state index is 12.6. The summed E-state index contributed by atoms with van der Waals surface area (Å²) in [6.45, 7) is 0.883. The number of hydrogen-bond acceptors (Lipinski definition) is 6. The van der Waals surface area contributed by atoms with Crippen molar-refractivity contribution in [3.8, 4) is 5.75 Å². The SMILES string of the molecule is COc1ccc(Cn2c(CCc3ccccc3)nnc2[C@@H](Cc2c[nH]c3ccccc23)N2C[C@H](O)C[C@H]2C(N)=O)cc1. The number of carbonyl (C=O) groups is 1. The zero-order chi connectivity index (χ0) is 29.1. The third-order valence-electron chi connectivity index (χ3n) is 8.27. The number of para-hydroxylation sites is 1. The molecule has 9 heteroatoms. The molecule has 6 rings (SSSR count). The third-order valence-corrected chi connectivity index (χ3v) is 8.27. The van der Waals surface area contributed by atoms with E-state index in [-0.39, 0.29) is 6.04 Å². The summed E-state index contributed by atoms with van der Waals surface area (Å²) in [5.74, 6) is 1.96. The number of aliphatic hydroxyl groups excluding tert-OH is 1. The Morgan fingerprint density at radius 1 is 1.02 bits per heavy atom. The smallest absolute Gasteiger partial charge is 0.234 e. The van der Waals surface area contributed by atoms with Crippen LogP contribution in [0.5, 0.6) is 5.75 Å². The van der Waals surface area contributed by atoms with E-state index in [9.17, 15) is 9.90 Å². The van der Waals surface area contributed by atoms with Crippen LogP contribution in [0.2, 0.25) is 0 Å². The van der Waals surface area contributed by atoms with Crippen molar-refractivity contribution in [1.29, 1.82) is 0 Å². The Morgan fingerprint density at radius 3 is 2.55 bits per heavy atom. The number of β-amino-alcohol motifs (C(OH)–C–C–N with tert-alkyl or cyclic N) is 1. The van der Waals surface area contributed by atoms with Gasteiger partial charge in [-0.1, -0.05) is 60.7 Å². The number of ether oxygens (including phenoxy) is 1. The summed E-state index contributed by atoms with van der Waals surface area (Å²) in [6, 6.07) is 25.6. The maximum absolute atomic E-state index is 12.6. The predicted octanol–water partition coefficient (Wildman–Crippen LogP) is 3.81. The van der Waals surface area contributed by atoms with Gasteiger partial charge in [-0.3, -0.25) is 9.69 Å². The van der Waals surface area contributed by atoms with Gasteiger partial charge < -0.3 is 25.1 Å². The maximum Gasteiger partial charge on any atom is 0.234 e. The number of nitrogens with one attached hydrogen (secondary N) is 1. The normalized spacial score (nSPS) is 18.0. The fourth-order valence-electron chi connectivity index (χ4n) is 6.10. The number of nitrogens with two attached hydrogens (primary N) is 1. The minimum atomic E-state index is -0.650. The number of benzene rings is 3. The van der Waals surface area contributed by atoms with Crippen LogP contribution in [-0.4, -0.2) is 61.5 Å². The number of nitrogens with zero attached hydrogens (tertiary/aromatic N) is 4. The molecule has 9 nitrogen and oxygen atoms in total. The molecule has 1 amide bonds. The molecule has 0 unspecified atom stereocenters. The summed E-state index contributed by atoms with van der Waals surface area (Å²) < 4.78 is 7.55. The molecule has 0 bridgehead atoms. The van der Waals surface area contributed by atoms with Crippen LogP contribution >= 0.6 is 0 Å². The molecule has 1 aliphatic rings. The molecule has 0 aliphatic carbocycles. The van der Waals surface area contributed by atoms with Crippen molar-refractivity contribution in [2.45, 2.75) is 50.4 Å². The third kappa shape index (κ3) is 5.79. The van der Waals surface area contributed by atoms with E-state index in [1.165, 1.54) is 5.56 Å². The standard InChI is InChI=1S/C33H36N6O3/c1-42-26-14-11-23(12-15-26)20-39-31(16-13-22-7-3-2-4-8-22)36-37-33(39)30(38-21-25(40)18-29(38)32(34)41)17-24-19-35-28-10-6-5-9-27(24)28/h2-12,14-15,19,25,29-30,35,40H,13,16-18,20-21H2,1H3,(H2,34,41)/t25-,29+,30-/m1/s1. The number of amides is 1.